The molecule has 0 spiro atoms. The molecule has 0 aromatic carbocycles. The molecule has 1 aromatic rings. The molecule has 0 bridgehead atoms. The monoisotopic (exact) mass is 308 g/mol. The maximum Gasteiger partial charge on any atom is 0.244 e. The van der Waals surface area contributed by atoms with Crippen molar-refractivity contribution in [3.63, 3.8) is 0 Å². The van der Waals surface area contributed by atoms with Gasteiger partial charge in [0.25, 0.3) is 0 Å². The number of likely N-dealkylation sites (N-methyl/N-ethyl adjacent to an activating group) is 1. The third kappa shape index (κ3) is 3.60. The summed E-state index contributed by atoms with van der Waals surface area (Å²) in [5.41, 5.74) is 5.88. The molecule has 1 aromatic heterocycles. The Hall–Kier alpha value is -1.46. The van der Waals surface area contributed by atoms with Gasteiger partial charge in [0.05, 0.1) is 6.54 Å². The molecule has 0 saturated carbocycles. The minimum Gasteiger partial charge on any atom is -0.320 e. The lowest BCUT2D eigenvalue weighted by atomic mass is 10.2. The van der Waals surface area contributed by atoms with E-state index in [1.165, 1.54) is 16.7 Å². The molecule has 0 aliphatic carbocycles. The van der Waals surface area contributed by atoms with Gasteiger partial charge in [-0.2, -0.15) is 4.31 Å². The Balaban J connectivity index is 2.27. The molecule has 6 nitrogen and oxygen atoms in total. The average Bonchev–Trinajstić information content (AvgIpc) is 2.48. The molecular formula is C14H20N4O2S. The Bertz CT molecular complexity index is 663. The lowest BCUT2D eigenvalue weighted by Crippen LogP contribution is -2.51. The molecule has 1 aliphatic heterocycles. The molecule has 1 fully saturated rings. The second-order valence-corrected chi connectivity index (χ2v) is 7.05. The van der Waals surface area contributed by atoms with Crippen LogP contribution in [0.3, 0.4) is 0 Å². The zero-order chi connectivity index (χ0) is 15.5. The summed E-state index contributed by atoms with van der Waals surface area (Å²) in [7, 11) is -1.52. The molecule has 21 heavy (non-hydrogen) atoms. The Kier molecular flexibility index (Phi) is 4.96. The fourth-order valence-corrected chi connectivity index (χ4v) is 3.67. The number of rotatable bonds is 2. The van der Waals surface area contributed by atoms with Crippen LogP contribution in [0.5, 0.6) is 0 Å². The van der Waals surface area contributed by atoms with E-state index in [0.717, 1.165) is 6.54 Å². The average molecular weight is 308 g/mol. The normalized spacial score (nSPS) is 20.8. The van der Waals surface area contributed by atoms with Crippen molar-refractivity contribution in [3.05, 3.63) is 24.0 Å². The van der Waals surface area contributed by atoms with Gasteiger partial charge in [0, 0.05) is 43.6 Å². The summed E-state index contributed by atoms with van der Waals surface area (Å²) in [4.78, 5) is 6.30. The molecule has 0 amide bonds. The lowest BCUT2D eigenvalue weighted by molar-refractivity contribution is 0.159. The molecule has 1 aliphatic rings. The molecule has 0 radical (unpaired) electrons. The first-order valence-corrected chi connectivity index (χ1v) is 8.23. The minimum absolute atomic E-state index is 0.183. The van der Waals surface area contributed by atoms with Gasteiger partial charge >= 0.3 is 0 Å². The van der Waals surface area contributed by atoms with Gasteiger partial charge in [-0.05, 0) is 20.0 Å². The third-order valence-corrected chi connectivity index (χ3v) is 5.44. The van der Waals surface area contributed by atoms with E-state index in [-0.39, 0.29) is 17.5 Å². The maximum absolute atomic E-state index is 12.7. The summed E-state index contributed by atoms with van der Waals surface area (Å²) in [6.45, 7) is 3.94. The lowest BCUT2D eigenvalue weighted by Gasteiger charge is -2.36. The van der Waals surface area contributed by atoms with Crippen molar-refractivity contribution in [3.8, 4) is 11.8 Å². The molecule has 1 unspecified atom stereocenters. The van der Waals surface area contributed by atoms with Crippen LogP contribution in [-0.4, -0.2) is 61.9 Å². The SMILES string of the molecule is CC1CN(S(=O)(=O)c2cncc(C#CCN)c2)CCN1C. The summed E-state index contributed by atoms with van der Waals surface area (Å²) in [6.07, 6.45) is 2.90. The Morgan fingerprint density at radius 2 is 2.19 bits per heavy atom. The van der Waals surface area contributed by atoms with Gasteiger partial charge in [0.1, 0.15) is 4.90 Å². The third-order valence-electron chi connectivity index (χ3n) is 3.61. The standard InChI is InChI=1S/C14H20N4O2S/c1-12-11-18(7-6-17(12)2)21(19,20)14-8-13(4-3-5-15)9-16-10-14/h8-10,12H,5-7,11,15H2,1-2H3. The van der Waals surface area contributed by atoms with Crippen LogP contribution in [0.15, 0.2) is 23.4 Å². The van der Waals surface area contributed by atoms with E-state index < -0.39 is 10.0 Å². The smallest absolute Gasteiger partial charge is 0.244 e. The van der Waals surface area contributed by atoms with Crippen molar-refractivity contribution in [2.24, 2.45) is 5.73 Å². The van der Waals surface area contributed by atoms with Gasteiger partial charge in [0.15, 0.2) is 0 Å². The van der Waals surface area contributed by atoms with E-state index in [4.69, 9.17) is 5.73 Å². The fourth-order valence-electron chi connectivity index (χ4n) is 2.16. The predicted molar refractivity (Wildman–Crippen MR) is 81.0 cm³/mol. The first kappa shape index (κ1) is 15.9. The Morgan fingerprint density at radius 1 is 1.43 bits per heavy atom. The van der Waals surface area contributed by atoms with Crippen molar-refractivity contribution in [1.82, 2.24) is 14.2 Å². The van der Waals surface area contributed by atoms with Gasteiger partial charge in [0.2, 0.25) is 10.0 Å². The van der Waals surface area contributed by atoms with Crippen LogP contribution in [-0.2, 0) is 10.0 Å². The van der Waals surface area contributed by atoms with E-state index in [1.807, 2.05) is 14.0 Å². The highest BCUT2D eigenvalue weighted by atomic mass is 32.2. The van der Waals surface area contributed by atoms with E-state index in [1.54, 1.807) is 6.07 Å². The van der Waals surface area contributed by atoms with Crippen molar-refractivity contribution in [2.75, 3.05) is 33.2 Å². The van der Waals surface area contributed by atoms with Crippen LogP contribution in [0.25, 0.3) is 0 Å². The van der Waals surface area contributed by atoms with Crippen LogP contribution in [0.1, 0.15) is 12.5 Å². The van der Waals surface area contributed by atoms with Crippen LogP contribution < -0.4 is 5.73 Å². The highest BCUT2D eigenvalue weighted by Gasteiger charge is 2.31. The van der Waals surface area contributed by atoms with Crippen LogP contribution in [0.4, 0.5) is 0 Å². The largest absolute Gasteiger partial charge is 0.320 e. The number of nitrogens with two attached hydrogens (primary N) is 1. The number of piperazine rings is 1. The van der Waals surface area contributed by atoms with Gasteiger partial charge in [-0.3, -0.25) is 4.98 Å². The summed E-state index contributed by atoms with van der Waals surface area (Å²) >= 11 is 0. The quantitative estimate of drug-likeness (QED) is 0.760. The Morgan fingerprint density at radius 3 is 2.86 bits per heavy atom. The van der Waals surface area contributed by atoms with Crippen LogP contribution in [0.2, 0.25) is 0 Å². The summed E-state index contributed by atoms with van der Waals surface area (Å²) in [5.74, 6) is 5.51. The number of hydrogen-bond donors (Lipinski definition) is 1. The minimum atomic E-state index is -3.52. The van der Waals surface area contributed by atoms with Crippen LogP contribution >= 0.6 is 0 Å². The molecule has 1 atom stereocenters. The topological polar surface area (TPSA) is 79.5 Å². The van der Waals surface area contributed by atoms with Gasteiger partial charge in [-0.15, -0.1) is 0 Å². The second kappa shape index (κ2) is 6.54. The van der Waals surface area contributed by atoms with Crippen molar-refractivity contribution in [1.29, 1.82) is 0 Å². The van der Waals surface area contributed by atoms with Crippen molar-refractivity contribution < 1.29 is 8.42 Å². The first-order valence-electron chi connectivity index (χ1n) is 6.79. The van der Waals surface area contributed by atoms with E-state index in [0.29, 0.717) is 18.7 Å². The molecule has 2 rings (SSSR count). The highest BCUT2D eigenvalue weighted by molar-refractivity contribution is 7.89. The number of pyridine rings is 1. The van der Waals surface area contributed by atoms with Crippen LogP contribution in [0, 0.1) is 11.8 Å². The van der Waals surface area contributed by atoms with E-state index >= 15 is 0 Å². The van der Waals surface area contributed by atoms with E-state index in [9.17, 15) is 8.42 Å². The number of hydrogen-bond acceptors (Lipinski definition) is 5. The van der Waals surface area contributed by atoms with Gasteiger partial charge in [-0.1, -0.05) is 11.8 Å². The molecule has 2 heterocycles. The second-order valence-electron chi connectivity index (χ2n) is 5.11. The summed E-state index contributed by atoms with van der Waals surface area (Å²) in [5, 5.41) is 0. The summed E-state index contributed by atoms with van der Waals surface area (Å²) in [6, 6.07) is 1.75. The number of aromatic nitrogens is 1. The Labute approximate surface area is 126 Å². The van der Waals surface area contributed by atoms with Gasteiger partial charge < -0.3 is 10.6 Å². The van der Waals surface area contributed by atoms with E-state index in [2.05, 4.69) is 21.7 Å². The molecule has 114 valence electrons. The zero-order valence-corrected chi connectivity index (χ0v) is 13.1. The van der Waals surface area contributed by atoms with Crippen molar-refractivity contribution in [2.45, 2.75) is 17.9 Å². The maximum atomic E-state index is 12.7. The molecular weight excluding hydrogens is 288 g/mol. The first-order chi connectivity index (χ1) is 9.95. The number of nitrogens with zero attached hydrogens (tertiary/aromatic N) is 3. The summed E-state index contributed by atoms with van der Waals surface area (Å²) < 4.78 is 26.8. The van der Waals surface area contributed by atoms with Gasteiger partial charge in [-0.25, -0.2) is 8.42 Å². The highest BCUT2D eigenvalue weighted by Crippen LogP contribution is 2.19. The fraction of sp³-hybridized carbons (Fsp3) is 0.500. The molecule has 7 heteroatoms. The zero-order valence-electron chi connectivity index (χ0n) is 12.3. The number of sulfonamides is 1. The molecule has 2 N–H and O–H groups in total. The van der Waals surface area contributed by atoms with Crippen molar-refractivity contribution >= 4 is 10.0 Å². The molecule has 1 saturated heterocycles. The predicted octanol–water partition coefficient (Wildman–Crippen LogP) is -0.284.